The quantitative estimate of drug-likeness (QED) is 0.233. The molecule has 2 amide bonds. The molecule has 3 aromatic rings. The van der Waals surface area contributed by atoms with Crippen LogP contribution < -0.4 is 9.62 Å². The molecule has 0 unspecified atom stereocenters. The van der Waals surface area contributed by atoms with Crippen LogP contribution in [0, 0.1) is 6.92 Å². The van der Waals surface area contributed by atoms with E-state index in [2.05, 4.69) is 5.32 Å². The fourth-order valence-electron chi connectivity index (χ4n) is 4.81. The Hall–Kier alpha value is -3.86. The Bertz CT molecular complexity index is 1510. The van der Waals surface area contributed by atoms with Crippen LogP contribution >= 0.6 is 0 Å². The van der Waals surface area contributed by atoms with Gasteiger partial charge in [0.25, 0.3) is 0 Å². The van der Waals surface area contributed by atoms with E-state index < -0.39 is 27.8 Å². The van der Waals surface area contributed by atoms with Crippen molar-refractivity contribution in [2.75, 3.05) is 17.1 Å². The van der Waals surface area contributed by atoms with E-state index in [9.17, 15) is 31.2 Å². The molecule has 0 aliphatic carbocycles. The lowest BCUT2D eigenvalue weighted by molar-refractivity contribution is -0.141. The molecule has 3 aromatic carbocycles. The van der Waals surface area contributed by atoms with E-state index in [4.69, 9.17) is 0 Å². The maximum atomic E-state index is 13.9. The first-order valence-corrected chi connectivity index (χ1v) is 16.4. The van der Waals surface area contributed by atoms with Crippen molar-refractivity contribution in [3.05, 3.63) is 101 Å². The summed E-state index contributed by atoms with van der Waals surface area (Å²) in [5.41, 5.74) is 1.56. The molecule has 0 fully saturated rings. The van der Waals surface area contributed by atoms with Crippen molar-refractivity contribution < 1.29 is 31.2 Å². The number of hydrogen-bond acceptors (Lipinski definition) is 4. The predicted molar refractivity (Wildman–Crippen MR) is 166 cm³/mol. The minimum absolute atomic E-state index is 0.0253. The molecular weight excluding hydrogens is 591 g/mol. The second-order valence-corrected chi connectivity index (χ2v) is 12.9. The zero-order chi connectivity index (χ0) is 32.5. The van der Waals surface area contributed by atoms with Crippen LogP contribution in [0.3, 0.4) is 0 Å². The monoisotopic (exact) mass is 631 g/mol. The predicted octanol–water partition coefficient (Wildman–Crippen LogP) is 6.11. The summed E-state index contributed by atoms with van der Waals surface area (Å²) in [5.74, 6) is -0.669. The molecular formula is C33H40F3N3O4S. The standard InChI is InChI=1S/C33H40F3N3O4S/c1-5-25(3)37-32(41)30(21-26-14-7-6-8-15-26)38(23-27-16-10-9-13-24(27)2)31(40)19-12-20-39(44(4,42)43)29-18-11-17-28(22-29)33(34,35)36/h6-11,13-18,22,25,30H,5,12,19-21,23H2,1-4H3,(H,37,41)/t25-,30+/m0/s1. The van der Waals surface area contributed by atoms with Crippen LogP contribution in [0.2, 0.25) is 0 Å². The van der Waals surface area contributed by atoms with Gasteiger partial charge in [0.15, 0.2) is 0 Å². The summed E-state index contributed by atoms with van der Waals surface area (Å²) in [6.45, 7) is 5.69. The number of alkyl halides is 3. The van der Waals surface area contributed by atoms with Crippen molar-refractivity contribution in [3.8, 4) is 0 Å². The van der Waals surface area contributed by atoms with E-state index in [0.717, 1.165) is 45.5 Å². The van der Waals surface area contributed by atoms with Crippen LogP contribution in [0.4, 0.5) is 18.9 Å². The van der Waals surface area contributed by atoms with Gasteiger partial charge in [-0.2, -0.15) is 13.2 Å². The summed E-state index contributed by atoms with van der Waals surface area (Å²) in [6, 6.07) is 20.0. The molecule has 44 heavy (non-hydrogen) atoms. The van der Waals surface area contributed by atoms with Crippen molar-refractivity contribution >= 4 is 27.5 Å². The number of aryl methyl sites for hydroxylation is 1. The van der Waals surface area contributed by atoms with Gasteiger partial charge in [-0.1, -0.05) is 67.6 Å². The molecule has 2 atom stereocenters. The largest absolute Gasteiger partial charge is 0.416 e. The average Bonchev–Trinajstić information content (AvgIpc) is 2.97. The Morgan fingerprint density at radius 2 is 1.61 bits per heavy atom. The van der Waals surface area contributed by atoms with Gasteiger partial charge in [0.1, 0.15) is 6.04 Å². The number of rotatable bonds is 14. The van der Waals surface area contributed by atoms with Crippen molar-refractivity contribution in [1.29, 1.82) is 0 Å². The number of hydrogen-bond donors (Lipinski definition) is 1. The van der Waals surface area contributed by atoms with Crippen molar-refractivity contribution in [2.45, 2.75) is 71.3 Å². The molecule has 0 aliphatic heterocycles. The molecule has 0 saturated heterocycles. The first-order chi connectivity index (χ1) is 20.7. The van der Waals surface area contributed by atoms with Crippen molar-refractivity contribution in [3.63, 3.8) is 0 Å². The van der Waals surface area contributed by atoms with Crippen molar-refractivity contribution in [1.82, 2.24) is 10.2 Å². The Morgan fingerprint density at radius 1 is 0.955 bits per heavy atom. The van der Waals surface area contributed by atoms with Crippen LogP contribution in [-0.2, 0) is 38.8 Å². The van der Waals surface area contributed by atoms with Crippen LogP contribution in [0.25, 0.3) is 0 Å². The number of anilines is 1. The number of halogens is 3. The molecule has 0 aliphatic rings. The highest BCUT2D eigenvalue weighted by Crippen LogP contribution is 2.32. The topological polar surface area (TPSA) is 86.8 Å². The van der Waals surface area contributed by atoms with Crippen LogP contribution in [0.5, 0.6) is 0 Å². The summed E-state index contributed by atoms with van der Waals surface area (Å²) in [5, 5.41) is 3.01. The number of sulfonamides is 1. The van der Waals surface area contributed by atoms with Gasteiger partial charge in [-0.3, -0.25) is 13.9 Å². The Labute approximate surface area is 258 Å². The van der Waals surface area contributed by atoms with Gasteiger partial charge in [-0.05, 0) is 61.6 Å². The fraction of sp³-hybridized carbons (Fsp3) is 0.394. The first kappa shape index (κ1) is 34.6. The summed E-state index contributed by atoms with van der Waals surface area (Å²) in [4.78, 5) is 29.1. The van der Waals surface area contributed by atoms with Gasteiger partial charge in [0.2, 0.25) is 21.8 Å². The summed E-state index contributed by atoms with van der Waals surface area (Å²) < 4.78 is 66.1. The third-order valence-corrected chi connectivity index (χ3v) is 8.68. The van der Waals surface area contributed by atoms with Crippen LogP contribution in [0.1, 0.15) is 55.4 Å². The van der Waals surface area contributed by atoms with Gasteiger partial charge < -0.3 is 10.2 Å². The summed E-state index contributed by atoms with van der Waals surface area (Å²) in [6.07, 6.45) is -2.87. The Morgan fingerprint density at radius 3 is 2.23 bits per heavy atom. The van der Waals surface area contributed by atoms with E-state index in [1.807, 2.05) is 75.4 Å². The second-order valence-electron chi connectivity index (χ2n) is 11.0. The van der Waals surface area contributed by atoms with E-state index >= 15 is 0 Å². The number of carbonyl (C=O) groups is 2. The Kier molecular flexibility index (Phi) is 12.0. The molecule has 3 rings (SSSR count). The smallest absolute Gasteiger partial charge is 0.352 e. The third kappa shape index (κ3) is 9.83. The zero-order valence-electron chi connectivity index (χ0n) is 25.5. The van der Waals surface area contributed by atoms with Gasteiger partial charge in [-0.25, -0.2) is 8.42 Å². The number of amides is 2. The SMILES string of the molecule is CC[C@H](C)NC(=O)[C@@H](Cc1ccccc1)N(Cc1ccccc1C)C(=O)CCCN(c1cccc(C(F)(F)F)c1)S(C)(=O)=O. The first-order valence-electron chi connectivity index (χ1n) is 14.5. The molecule has 0 spiro atoms. The molecule has 0 radical (unpaired) electrons. The fourth-order valence-corrected chi connectivity index (χ4v) is 5.76. The minimum Gasteiger partial charge on any atom is -0.352 e. The van der Waals surface area contributed by atoms with E-state index in [1.54, 1.807) is 0 Å². The van der Waals surface area contributed by atoms with Gasteiger partial charge >= 0.3 is 6.18 Å². The maximum Gasteiger partial charge on any atom is 0.416 e. The average molecular weight is 632 g/mol. The highest BCUT2D eigenvalue weighted by Gasteiger charge is 2.33. The van der Waals surface area contributed by atoms with E-state index in [-0.39, 0.29) is 55.9 Å². The maximum absolute atomic E-state index is 13.9. The molecule has 0 bridgehead atoms. The van der Waals surface area contributed by atoms with Gasteiger partial charge in [-0.15, -0.1) is 0 Å². The lowest BCUT2D eigenvalue weighted by Gasteiger charge is -2.33. The molecule has 11 heteroatoms. The van der Waals surface area contributed by atoms with Crippen LogP contribution in [-0.4, -0.2) is 50.0 Å². The molecule has 0 aromatic heterocycles. The number of carbonyl (C=O) groups excluding carboxylic acids is 2. The number of nitrogens with one attached hydrogen (secondary N) is 1. The second kappa shape index (κ2) is 15.2. The number of benzene rings is 3. The van der Waals surface area contributed by atoms with Crippen LogP contribution in [0.15, 0.2) is 78.9 Å². The molecule has 7 nitrogen and oxygen atoms in total. The number of nitrogens with zero attached hydrogens (tertiary/aromatic N) is 2. The summed E-state index contributed by atoms with van der Waals surface area (Å²) >= 11 is 0. The molecule has 0 saturated carbocycles. The van der Waals surface area contributed by atoms with E-state index in [0.29, 0.717) is 6.42 Å². The highest BCUT2D eigenvalue weighted by atomic mass is 32.2. The third-order valence-electron chi connectivity index (χ3n) is 7.49. The van der Waals surface area contributed by atoms with Crippen molar-refractivity contribution in [2.24, 2.45) is 0 Å². The molecule has 1 N–H and O–H groups in total. The highest BCUT2D eigenvalue weighted by molar-refractivity contribution is 7.92. The molecule has 238 valence electrons. The lowest BCUT2D eigenvalue weighted by atomic mass is 10.0. The van der Waals surface area contributed by atoms with Gasteiger partial charge in [0, 0.05) is 32.0 Å². The zero-order valence-corrected chi connectivity index (χ0v) is 26.3. The van der Waals surface area contributed by atoms with Gasteiger partial charge in [0.05, 0.1) is 17.5 Å². The summed E-state index contributed by atoms with van der Waals surface area (Å²) in [7, 11) is -3.96. The Balaban J connectivity index is 1.91. The lowest BCUT2D eigenvalue weighted by Crippen LogP contribution is -2.52. The van der Waals surface area contributed by atoms with E-state index in [1.165, 1.54) is 11.0 Å². The minimum atomic E-state index is -4.64. The molecule has 0 heterocycles. The normalized spacial score (nSPS) is 13.2.